The Morgan fingerprint density at radius 3 is 2.75 bits per heavy atom. The van der Waals surface area contributed by atoms with E-state index in [4.69, 9.17) is 10.6 Å². The number of nitrogens with zero attached hydrogens (tertiary/aromatic N) is 2. The lowest BCUT2D eigenvalue weighted by molar-refractivity contribution is 0.392. The Morgan fingerprint density at radius 1 is 1.25 bits per heavy atom. The Kier molecular flexibility index (Phi) is 5.46. The number of rotatable bonds is 7. The Morgan fingerprint density at radius 2 is 2.05 bits per heavy atom. The summed E-state index contributed by atoms with van der Waals surface area (Å²) in [6, 6.07) is 12.2. The largest absolute Gasteiger partial charge is 0.481 e. The van der Waals surface area contributed by atoms with Gasteiger partial charge in [0.15, 0.2) is 0 Å². The van der Waals surface area contributed by atoms with Gasteiger partial charge in [-0.05, 0) is 24.8 Å². The summed E-state index contributed by atoms with van der Waals surface area (Å²) in [5.74, 6) is 6.18. The molecular weight excluding hydrogens is 252 g/mol. The Bertz CT molecular complexity index is 518. The fourth-order valence-corrected chi connectivity index (χ4v) is 2.13. The average Bonchev–Trinajstić information content (AvgIpc) is 2.52. The van der Waals surface area contributed by atoms with E-state index in [9.17, 15) is 0 Å². The molecule has 0 saturated heterocycles. The van der Waals surface area contributed by atoms with Crippen LogP contribution in [0.2, 0.25) is 0 Å². The quantitative estimate of drug-likeness (QED) is 0.596. The first kappa shape index (κ1) is 14.4. The van der Waals surface area contributed by atoms with E-state index >= 15 is 0 Å². The molecule has 0 aliphatic rings. The SMILES string of the molecule is COc1cc(C(CCCc2ccccc2)NN)ncn1. The highest BCUT2D eigenvalue weighted by molar-refractivity contribution is 5.17. The number of ether oxygens (including phenoxy) is 1. The molecule has 1 unspecified atom stereocenters. The van der Waals surface area contributed by atoms with E-state index in [-0.39, 0.29) is 6.04 Å². The van der Waals surface area contributed by atoms with Crippen LogP contribution in [0.25, 0.3) is 0 Å². The highest BCUT2D eigenvalue weighted by atomic mass is 16.5. The molecule has 1 atom stereocenters. The van der Waals surface area contributed by atoms with E-state index < -0.39 is 0 Å². The van der Waals surface area contributed by atoms with Gasteiger partial charge < -0.3 is 4.74 Å². The standard InChI is InChI=1S/C15H20N4O/c1-20-15-10-14(17-11-18-15)13(19-16)9-5-8-12-6-3-2-4-7-12/h2-4,6-7,10-11,13,19H,5,8-9,16H2,1H3. The topological polar surface area (TPSA) is 73.1 Å². The molecule has 106 valence electrons. The molecular formula is C15H20N4O. The van der Waals surface area contributed by atoms with Gasteiger partial charge in [0.2, 0.25) is 5.88 Å². The van der Waals surface area contributed by atoms with E-state index in [0.717, 1.165) is 25.0 Å². The highest BCUT2D eigenvalue weighted by Gasteiger charge is 2.12. The number of nitrogens with two attached hydrogens (primary N) is 1. The summed E-state index contributed by atoms with van der Waals surface area (Å²) in [5, 5.41) is 0. The van der Waals surface area contributed by atoms with E-state index in [2.05, 4.69) is 39.7 Å². The maximum absolute atomic E-state index is 5.62. The van der Waals surface area contributed by atoms with Crippen LogP contribution in [-0.4, -0.2) is 17.1 Å². The number of methoxy groups -OCH3 is 1. The van der Waals surface area contributed by atoms with Crippen molar-refractivity contribution in [3.63, 3.8) is 0 Å². The monoisotopic (exact) mass is 272 g/mol. The number of nitrogens with one attached hydrogen (secondary N) is 1. The van der Waals surface area contributed by atoms with Crippen LogP contribution in [0.1, 0.15) is 30.1 Å². The second-order valence-corrected chi connectivity index (χ2v) is 4.58. The number of hydrogen-bond donors (Lipinski definition) is 2. The van der Waals surface area contributed by atoms with Crippen LogP contribution >= 0.6 is 0 Å². The van der Waals surface area contributed by atoms with Gasteiger partial charge in [0.25, 0.3) is 0 Å². The van der Waals surface area contributed by atoms with Crippen LogP contribution in [0.4, 0.5) is 0 Å². The summed E-state index contributed by atoms with van der Waals surface area (Å²) in [7, 11) is 1.59. The normalized spacial score (nSPS) is 12.1. The Balaban J connectivity index is 1.91. The minimum atomic E-state index is 0.00983. The molecule has 0 saturated carbocycles. The van der Waals surface area contributed by atoms with Gasteiger partial charge in [-0.2, -0.15) is 0 Å². The zero-order valence-electron chi connectivity index (χ0n) is 11.6. The van der Waals surface area contributed by atoms with Gasteiger partial charge in [0, 0.05) is 6.07 Å². The lowest BCUT2D eigenvalue weighted by Gasteiger charge is -2.15. The van der Waals surface area contributed by atoms with Crippen molar-refractivity contribution in [1.29, 1.82) is 0 Å². The third-order valence-corrected chi connectivity index (χ3v) is 3.23. The first-order valence-corrected chi connectivity index (χ1v) is 6.69. The predicted molar refractivity (Wildman–Crippen MR) is 78.0 cm³/mol. The summed E-state index contributed by atoms with van der Waals surface area (Å²) < 4.78 is 5.10. The average molecular weight is 272 g/mol. The van der Waals surface area contributed by atoms with Crippen LogP contribution in [0.5, 0.6) is 5.88 Å². The number of hydrogen-bond acceptors (Lipinski definition) is 5. The summed E-state index contributed by atoms with van der Waals surface area (Å²) in [6.45, 7) is 0. The molecule has 1 heterocycles. The van der Waals surface area contributed by atoms with Crippen LogP contribution in [0.3, 0.4) is 0 Å². The molecule has 20 heavy (non-hydrogen) atoms. The van der Waals surface area contributed by atoms with Crippen molar-refractivity contribution in [3.05, 3.63) is 54.0 Å². The highest BCUT2D eigenvalue weighted by Crippen LogP contribution is 2.19. The summed E-state index contributed by atoms with van der Waals surface area (Å²) in [5.41, 5.74) is 5.00. The molecule has 0 aliphatic heterocycles. The molecule has 1 aromatic heterocycles. The van der Waals surface area contributed by atoms with E-state index in [0.29, 0.717) is 5.88 Å². The van der Waals surface area contributed by atoms with Gasteiger partial charge in [0.05, 0.1) is 18.8 Å². The molecule has 1 aromatic carbocycles. The van der Waals surface area contributed by atoms with Crippen molar-refractivity contribution in [2.24, 2.45) is 5.84 Å². The molecule has 3 N–H and O–H groups in total. The molecule has 2 aromatic rings. The zero-order valence-corrected chi connectivity index (χ0v) is 11.6. The molecule has 2 rings (SSSR count). The van der Waals surface area contributed by atoms with Gasteiger partial charge >= 0.3 is 0 Å². The molecule has 5 nitrogen and oxygen atoms in total. The third-order valence-electron chi connectivity index (χ3n) is 3.23. The first-order valence-electron chi connectivity index (χ1n) is 6.69. The molecule has 0 aliphatic carbocycles. The minimum Gasteiger partial charge on any atom is -0.481 e. The van der Waals surface area contributed by atoms with E-state index in [1.165, 1.54) is 11.9 Å². The Labute approximate surface area is 119 Å². The lowest BCUT2D eigenvalue weighted by atomic mass is 10.0. The van der Waals surface area contributed by atoms with Gasteiger partial charge in [-0.25, -0.2) is 9.97 Å². The number of aryl methyl sites for hydroxylation is 1. The van der Waals surface area contributed by atoms with Crippen molar-refractivity contribution in [2.75, 3.05) is 7.11 Å². The van der Waals surface area contributed by atoms with Gasteiger partial charge in [-0.3, -0.25) is 11.3 Å². The van der Waals surface area contributed by atoms with Gasteiger partial charge in [0.1, 0.15) is 6.33 Å². The molecule has 0 radical (unpaired) electrons. The maximum Gasteiger partial charge on any atom is 0.216 e. The minimum absolute atomic E-state index is 0.00983. The van der Waals surface area contributed by atoms with Gasteiger partial charge in [-0.15, -0.1) is 0 Å². The third kappa shape index (κ3) is 4.01. The second-order valence-electron chi connectivity index (χ2n) is 4.58. The van der Waals surface area contributed by atoms with Gasteiger partial charge in [-0.1, -0.05) is 30.3 Å². The maximum atomic E-state index is 5.62. The predicted octanol–water partition coefficient (Wildman–Crippen LogP) is 2.01. The number of aromatic nitrogens is 2. The molecule has 5 heteroatoms. The van der Waals surface area contributed by atoms with E-state index in [1.54, 1.807) is 7.11 Å². The smallest absolute Gasteiger partial charge is 0.216 e. The summed E-state index contributed by atoms with van der Waals surface area (Å²) in [4.78, 5) is 8.25. The first-order chi connectivity index (χ1) is 9.83. The number of benzene rings is 1. The number of hydrazine groups is 1. The fraction of sp³-hybridized carbons (Fsp3) is 0.333. The van der Waals surface area contributed by atoms with Crippen molar-refractivity contribution in [1.82, 2.24) is 15.4 Å². The van der Waals surface area contributed by atoms with Crippen LogP contribution in [0, 0.1) is 0 Å². The van der Waals surface area contributed by atoms with E-state index in [1.807, 2.05) is 12.1 Å². The van der Waals surface area contributed by atoms with Crippen molar-refractivity contribution in [2.45, 2.75) is 25.3 Å². The lowest BCUT2D eigenvalue weighted by Crippen LogP contribution is -2.28. The fourth-order valence-electron chi connectivity index (χ4n) is 2.13. The second kappa shape index (κ2) is 7.57. The molecule has 0 amide bonds. The van der Waals surface area contributed by atoms with Crippen molar-refractivity contribution >= 4 is 0 Å². The van der Waals surface area contributed by atoms with Crippen LogP contribution < -0.4 is 16.0 Å². The van der Waals surface area contributed by atoms with Crippen molar-refractivity contribution in [3.8, 4) is 5.88 Å². The summed E-state index contributed by atoms with van der Waals surface area (Å²) in [6.07, 6.45) is 4.47. The Hall–Kier alpha value is -1.98. The molecule has 0 spiro atoms. The summed E-state index contributed by atoms with van der Waals surface area (Å²) >= 11 is 0. The van der Waals surface area contributed by atoms with Crippen molar-refractivity contribution < 1.29 is 4.74 Å². The van der Waals surface area contributed by atoms with Crippen LogP contribution in [0.15, 0.2) is 42.7 Å². The molecule has 0 fully saturated rings. The molecule has 0 bridgehead atoms. The van der Waals surface area contributed by atoms with Crippen LogP contribution in [-0.2, 0) is 6.42 Å². The zero-order chi connectivity index (χ0) is 14.2.